The summed E-state index contributed by atoms with van der Waals surface area (Å²) in [6, 6.07) is 9.05. The van der Waals surface area contributed by atoms with Crippen LogP contribution in [0.5, 0.6) is 0 Å². The maximum Gasteiger partial charge on any atom is 0.0586 e. The Morgan fingerprint density at radius 3 is 3.09 bits per heavy atom. The van der Waals surface area contributed by atoms with Crippen LogP contribution in [0.15, 0.2) is 29.6 Å². The summed E-state index contributed by atoms with van der Waals surface area (Å²) >= 11 is 1.83. The lowest BCUT2D eigenvalue weighted by atomic mass is 10.2. The molecule has 0 aliphatic carbocycles. The van der Waals surface area contributed by atoms with Crippen molar-refractivity contribution in [2.45, 2.75) is 38.3 Å². The third-order valence-corrected chi connectivity index (χ3v) is 5.65. The van der Waals surface area contributed by atoms with Gasteiger partial charge in [0.2, 0.25) is 0 Å². The zero-order valence-electron chi connectivity index (χ0n) is 13.1. The zero-order chi connectivity index (χ0) is 15.2. The molecule has 1 atom stereocenters. The maximum atomic E-state index is 9.32. The number of nitrogens with zero attached hydrogens (tertiary/aromatic N) is 1. The van der Waals surface area contributed by atoms with Gasteiger partial charge >= 0.3 is 0 Å². The summed E-state index contributed by atoms with van der Waals surface area (Å²) in [4.78, 5) is 2.45. The second-order valence-corrected chi connectivity index (χ2v) is 7.07. The van der Waals surface area contributed by atoms with Gasteiger partial charge in [-0.3, -0.25) is 4.90 Å². The van der Waals surface area contributed by atoms with Crippen molar-refractivity contribution < 1.29 is 5.11 Å². The van der Waals surface area contributed by atoms with E-state index in [-0.39, 0.29) is 0 Å². The zero-order valence-corrected chi connectivity index (χ0v) is 13.9. The fraction of sp³-hybridized carbons (Fsp3) is 0.556. The molecule has 1 unspecified atom stereocenters. The Kier molecular flexibility index (Phi) is 5.84. The average molecular weight is 318 g/mol. The molecular formula is C18H26N2OS. The van der Waals surface area contributed by atoms with E-state index in [1.165, 1.54) is 47.9 Å². The van der Waals surface area contributed by atoms with E-state index < -0.39 is 0 Å². The number of rotatable bonds is 8. The van der Waals surface area contributed by atoms with E-state index in [2.05, 4.69) is 39.9 Å². The maximum absolute atomic E-state index is 9.32. The molecule has 2 heterocycles. The number of aliphatic hydroxyl groups excluding tert-OH is 1. The summed E-state index contributed by atoms with van der Waals surface area (Å²) in [6.07, 6.45) is 4.83. The van der Waals surface area contributed by atoms with Crippen LogP contribution < -0.4 is 5.32 Å². The Bertz CT molecular complexity index is 583. The number of fused-ring (bicyclic) bond motifs is 1. The number of thiophene rings is 1. The van der Waals surface area contributed by atoms with E-state index in [4.69, 9.17) is 0 Å². The van der Waals surface area contributed by atoms with Gasteiger partial charge in [-0.15, -0.1) is 11.3 Å². The van der Waals surface area contributed by atoms with Crippen molar-refractivity contribution in [3.63, 3.8) is 0 Å². The first kappa shape index (κ1) is 15.9. The van der Waals surface area contributed by atoms with Crippen molar-refractivity contribution in [3.05, 3.63) is 35.2 Å². The minimum Gasteiger partial charge on any atom is -0.395 e. The molecule has 1 aliphatic rings. The van der Waals surface area contributed by atoms with Gasteiger partial charge in [-0.25, -0.2) is 0 Å². The minimum atomic E-state index is 0.323. The molecule has 1 aliphatic heterocycles. The average Bonchev–Trinajstić information content (AvgIpc) is 3.17. The molecule has 1 fully saturated rings. The monoisotopic (exact) mass is 318 g/mol. The molecule has 120 valence electrons. The molecule has 3 rings (SSSR count). The first-order valence-corrected chi connectivity index (χ1v) is 9.27. The van der Waals surface area contributed by atoms with Gasteiger partial charge in [-0.05, 0) is 67.7 Å². The quantitative estimate of drug-likeness (QED) is 0.734. The van der Waals surface area contributed by atoms with Crippen molar-refractivity contribution in [2.24, 2.45) is 0 Å². The number of hydrogen-bond acceptors (Lipinski definition) is 4. The van der Waals surface area contributed by atoms with E-state index in [0.717, 1.165) is 19.6 Å². The van der Waals surface area contributed by atoms with Gasteiger partial charge in [0.25, 0.3) is 0 Å². The van der Waals surface area contributed by atoms with E-state index in [0.29, 0.717) is 12.6 Å². The lowest BCUT2D eigenvalue weighted by Crippen LogP contribution is -2.33. The Balaban J connectivity index is 1.34. The summed E-state index contributed by atoms with van der Waals surface area (Å²) < 4.78 is 1.38. The molecule has 0 amide bonds. The predicted octanol–water partition coefficient (Wildman–Crippen LogP) is 3.23. The highest BCUT2D eigenvalue weighted by molar-refractivity contribution is 7.17. The summed E-state index contributed by atoms with van der Waals surface area (Å²) in [5.41, 5.74) is 1.42. The lowest BCUT2D eigenvalue weighted by molar-refractivity contribution is 0.157. The van der Waals surface area contributed by atoms with Crippen LogP contribution in [-0.4, -0.2) is 42.3 Å². The van der Waals surface area contributed by atoms with Crippen molar-refractivity contribution in [2.75, 3.05) is 26.2 Å². The van der Waals surface area contributed by atoms with Crippen LogP contribution in [0.2, 0.25) is 0 Å². The molecule has 2 aromatic rings. The van der Waals surface area contributed by atoms with Crippen molar-refractivity contribution in [1.82, 2.24) is 10.2 Å². The van der Waals surface area contributed by atoms with E-state index in [1.807, 2.05) is 11.3 Å². The molecule has 0 spiro atoms. The molecule has 0 bridgehead atoms. The highest BCUT2D eigenvalue weighted by Gasteiger charge is 2.22. The summed E-state index contributed by atoms with van der Waals surface area (Å²) in [5.74, 6) is 0. The molecule has 1 saturated heterocycles. The van der Waals surface area contributed by atoms with Crippen LogP contribution in [0, 0.1) is 0 Å². The molecular weight excluding hydrogens is 292 g/mol. The number of hydrogen-bond donors (Lipinski definition) is 2. The number of benzene rings is 1. The predicted molar refractivity (Wildman–Crippen MR) is 94.4 cm³/mol. The topological polar surface area (TPSA) is 35.5 Å². The van der Waals surface area contributed by atoms with Crippen molar-refractivity contribution in [1.29, 1.82) is 0 Å². The highest BCUT2D eigenvalue weighted by Crippen LogP contribution is 2.25. The van der Waals surface area contributed by atoms with Crippen LogP contribution in [0.25, 0.3) is 10.1 Å². The Morgan fingerprint density at radius 1 is 1.27 bits per heavy atom. The molecule has 3 nitrogen and oxygen atoms in total. The van der Waals surface area contributed by atoms with E-state index in [1.54, 1.807) is 0 Å². The molecule has 1 aromatic carbocycles. The smallest absolute Gasteiger partial charge is 0.0586 e. The third-order valence-electron chi connectivity index (χ3n) is 4.64. The fourth-order valence-corrected chi connectivity index (χ4v) is 4.32. The number of nitrogens with one attached hydrogen (secondary N) is 1. The van der Waals surface area contributed by atoms with Gasteiger partial charge in [0.05, 0.1) is 6.61 Å². The molecule has 0 radical (unpaired) electrons. The Hall–Kier alpha value is -0.940. The van der Waals surface area contributed by atoms with Crippen molar-refractivity contribution in [3.8, 4) is 0 Å². The highest BCUT2D eigenvalue weighted by atomic mass is 32.1. The number of unbranched alkanes of at least 4 members (excludes halogenated alkanes) is 1. The largest absolute Gasteiger partial charge is 0.395 e. The second kappa shape index (κ2) is 8.06. The van der Waals surface area contributed by atoms with Crippen LogP contribution in [0.4, 0.5) is 0 Å². The molecule has 22 heavy (non-hydrogen) atoms. The first-order valence-electron chi connectivity index (χ1n) is 8.39. The van der Waals surface area contributed by atoms with Crippen molar-refractivity contribution >= 4 is 21.4 Å². The van der Waals surface area contributed by atoms with Gasteiger partial charge in [0.1, 0.15) is 0 Å². The number of likely N-dealkylation sites (tertiary alicyclic amines) is 1. The van der Waals surface area contributed by atoms with Gasteiger partial charge < -0.3 is 10.4 Å². The normalized spacial score (nSPS) is 19.2. The van der Waals surface area contributed by atoms with E-state index in [9.17, 15) is 5.11 Å². The molecule has 0 saturated carbocycles. The van der Waals surface area contributed by atoms with Gasteiger partial charge in [-0.1, -0.05) is 18.2 Å². The fourth-order valence-electron chi connectivity index (χ4n) is 3.35. The Labute approximate surface area is 137 Å². The second-order valence-electron chi connectivity index (χ2n) is 6.16. The van der Waals surface area contributed by atoms with Crippen LogP contribution in [0.1, 0.15) is 31.2 Å². The van der Waals surface area contributed by atoms with Gasteiger partial charge in [-0.2, -0.15) is 0 Å². The third kappa shape index (κ3) is 3.87. The van der Waals surface area contributed by atoms with E-state index >= 15 is 0 Å². The van der Waals surface area contributed by atoms with Gasteiger partial charge in [0, 0.05) is 17.3 Å². The molecule has 4 heteroatoms. The lowest BCUT2D eigenvalue weighted by Gasteiger charge is -2.22. The van der Waals surface area contributed by atoms with Gasteiger partial charge in [0.15, 0.2) is 0 Å². The summed E-state index contributed by atoms with van der Waals surface area (Å²) in [5, 5.41) is 16.5. The first-order chi connectivity index (χ1) is 10.9. The van der Waals surface area contributed by atoms with Crippen LogP contribution in [0.3, 0.4) is 0 Å². The van der Waals surface area contributed by atoms with Crippen LogP contribution >= 0.6 is 11.3 Å². The minimum absolute atomic E-state index is 0.323. The SMILES string of the molecule is OCC1CCCN1CCCCNCc1csc2ccccc12. The summed E-state index contributed by atoms with van der Waals surface area (Å²) in [7, 11) is 0. The molecule has 2 N–H and O–H groups in total. The summed E-state index contributed by atoms with van der Waals surface area (Å²) in [6.45, 7) is 4.66. The van der Waals surface area contributed by atoms with Crippen LogP contribution in [-0.2, 0) is 6.54 Å². The standard InChI is InChI=1S/C18H26N2OS/c21-13-16-6-5-11-20(16)10-4-3-9-19-12-15-14-22-18-8-2-1-7-17(15)18/h1-2,7-8,14,16,19,21H,3-6,9-13H2. The number of aliphatic hydroxyl groups is 1. The molecule has 1 aromatic heterocycles. The Morgan fingerprint density at radius 2 is 2.18 bits per heavy atom.